The van der Waals surface area contributed by atoms with E-state index < -0.39 is 0 Å². The fourth-order valence-electron chi connectivity index (χ4n) is 2.30. The average molecular weight is 344 g/mol. The van der Waals surface area contributed by atoms with Crippen molar-refractivity contribution in [1.82, 2.24) is 15.3 Å². The van der Waals surface area contributed by atoms with Crippen LogP contribution in [-0.4, -0.2) is 49.8 Å². The molecule has 1 amide bonds. The predicted molar refractivity (Wildman–Crippen MR) is 96.0 cm³/mol. The van der Waals surface area contributed by atoms with Crippen molar-refractivity contribution >= 4 is 11.9 Å². The summed E-state index contributed by atoms with van der Waals surface area (Å²) in [7, 11) is 3.30. The second-order valence-corrected chi connectivity index (χ2v) is 5.36. The molecule has 2 N–H and O–H groups in total. The van der Waals surface area contributed by atoms with Gasteiger partial charge in [-0.3, -0.25) is 4.79 Å². The summed E-state index contributed by atoms with van der Waals surface area (Å²) in [6.45, 7) is 1.85. The Bertz CT molecular complexity index is 679. The molecule has 134 valence electrons. The first-order chi connectivity index (χ1) is 12.2. The molecule has 0 aliphatic carbocycles. The molecule has 7 heteroatoms. The zero-order valence-corrected chi connectivity index (χ0v) is 14.6. The van der Waals surface area contributed by atoms with Crippen LogP contribution in [0.25, 0.3) is 0 Å². The second-order valence-electron chi connectivity index (χ2n) is 5.36. The van der Waals surface area contributed by atoms with Crippen molar-refractivity contribution in [3.8, 4) is 5.75 Å². The van der Waals surface area contributed by atoms with Crippen LogP contribution in [0.15, 0.2) is 36.5 Å². The molecule has 1 aromatic heterocycles. The normalized spacial score (nSPS) is 10.3. The molecule has 0 saturated carbocycles. The molecule has 0 spiro atoms. The van der Waals surface area contributed by atoms with Crippen LogP contribution in [0, 0.1) is 0 Å². The van der Waals surface area contributed by atoms with Gasteiger partial charge in [0, 0.05) is 33.0 Å². The highest BCUT2D eigenvalue weighted by atomic mass is 16.5. The molecule has 2 rings (SSSR count). The van der Waals surface area contributed by atoms with Gasteiger partial charge in [0.25, 0.3) is 5.91 Å². The maximum Gasteiger partial charge on any atom is 0.270 e. The van der Waals surface area contributed by atoms with Gasteiger partial charge in [0.2, 0.25) is 5.95 Å². The maximum absolute atomic E-state index is 12.2. The minimum atomic E-state index is -0.225. The third kappa shape index (κ3) is 6.04. The Morgan fingerprint density at radius 1 is 1.16 bits per heavy atom. The summed E-state index contributed by atoms with van der Waals surface area (Å²) in [4.78, 5) is 20.6. The number of nitrogens with zero attached hydrogens (tertiary/aromatic N) is 2. The summed E-state index contributed by atoms with van der Waals surface area (Å²) in [6, 6.07) is 9.36. The van der Waals surface area contributed by atoms with Crippen molar-refractivity contribution in [1.29, 1.82) is 0 Å². The first-order valence-electron chi connectivity index (χ1n) is 8.20. The van der Waals surface area contributed by atoms with E-state index in [0.29, 0.717) is 37.8 Å². The van der Waals surface area contributed by atoms with Gasteiger partial charge in [0.15, 0.2) is 0 Å². The van der Waals surface area contributed by atoms with Gasteiger partial charge >= 0.3 is 0 Å². The molecule has 0 unspecified atom stereocenters. The minimum Gasteiger partial charge on any atom is -0.496 e. The van der Waals surface area contributed by atoms with E-state index in [-0.39, 0.29) is 5.91 Å². The van der Waals surface area contributed by atoms with Crippen LogP contribution < -0.4 is 15.4 Å². The van der Waals surface area contributed by atoms with E-state index in [4.69, 9.17) is 9.47 Å². The van der Waals surface area contributed by atoms with Gasteiger partial charge in [0.05, 0.1) is 7.11 Å². The van der Waals surface area contributed by atoms with Gasteiger partial charge in [-0.05, 0) is 30.5 Å². The summed E-state index contributed by atoms with van der Waals surface area (Å²) < 4.78 is 10.3. The number of benzene rings is 1. The molecule has 0 aliphatic rings. The number of para-hydroxylation sites is 1. The molecule has 0 aliphatic heterocycles. The van der Waals surface area contributed by atoms with E-state index in [1.54, 1.807) is 26.5 Å². The van der Waals surface area contributed by atoms with E-state index in [2.05, 4.69) is 20.6 Å². The van der Waals surface area contributed by atoms with Gasteiger partial charge < -0.3 is 20.1 Å². The Kier molecular flexibility index (Phi) is 7.65. The number of amides is 1. The molecule has 1 aromatic carbocycles. The van der Waals surface area contributed by atoms with Crippen molar-refractivity contribution < 1.29 is 14.3 Å². The lowest BCUT2D eigenvalue weighted by atomic mass is 10.1. The smallest absolute Gasteiger partial charge is 0.270 e. The number of anilines is 1. The number of ether oxygens (including phenoxy) is 2. The van der Waals surface area contributed by atoms with Crippen molar-refractivity contribution in [2.75, 3.05) is 39.2 Å². The average Bonchev–Trinajstić information content (AvgIpc) is 2.66. The Morgan fingerprint density at radius 3 is 2.80 bits per heavy atom. The number of aromatic nitrogens is 2. The lowest BCUT2D eigenvalue weighted by molar-refractivity contribution is 0.0949. The molecule has 2 aromatic rings. The summed E-state index contributed by atoms with van der Waals surface area (Å²) in [5, 5.41) is 5.94. The van der Waals surface area contributed by atoms with Crippen molar-refractivity contribution in [3.63, 3.8) is 0 Å². The van der Waals surface area contributed by atoms with Gasteiger partial charge in [0.1, 0.15) is 11.4 Å². The van der Waals surface area contributed by atoms with Crippen LogP contribution in [-0.2, 0) is 11.2 Å². The fourth-order valence-corrected chi connectivity index (χ4v) is 2.30. The fraction of sp³-hybridized carbons (Fsp3) is 0.389. The number of hydrogen-bond acceptors (Lipinski definition) is 6. The van der Waals surface area contributed by atoms with Crippen LogP contribution in [0.1, 0.15) is 22.5 Å². The highest BCUT2D eigenvalue weighted by Crippen LogP contribution is 2.17. The lowest BCUT2D eigenvalue weighted by Crippen LogP contribution is -2.27. The molecule has 0 saturated heterocycles. The highest BCUT2D eigenvalue weighted by Gasteiger charge is 2.09. The van der Waals surface area contributed by atoms with Gasteiger partial charge in [-0.15, -0.1) is 0 Å². The van der Waals surface area contributed by atoms with Gasteiger partial charge in [-0.1, -0.05) is 18.2 Å². The quantitative estimate of drug-likeness (QED) is 0.641. The van der Waals surface area contributed by atoms with Crippen LogP contribution >= 0.6 is 0 Å². The minimum absolute atomic E-state index is 0.225. The van der Waals surface area contributed by atoms with E-state index in [1.807, 2.05) is 24.3 Å². The third-order valence-electron chi connectivity index (χ3n) is 3.57. The number of carbonyl (C=O) groups excluding carboxylic acids is 1. The topological polar surface area (TPSA) is 85.4 Å². The van der Waals surface area contributed by atoms with E-state index in [1.165, 1.54) is 0 Å². The van der Waals surface area contributed by atoms with Crippen LogP contribution in [0.5, 0.6) is 5.75 Å². The van der Waals surface area contributed by atoms with Crippen LogP contribution in [0.2, 0.25) is 0 Å². The molecule has 0 atom stereocenters. The summed E-state index contributed by atoms with van der Waals surface area (Å²) in [6.07, 6.45) is 3.10. The zero-order chi connectivity index (χ0) is 17.9. The molecular weight excluding hydrogens is 320 g/mol. The number of carbonyl (C=O) groups is 1. The largest absolute Gasteiger partial charge is 0.496 e. The van der Waals surface area contributed by atoms with Crippen LogP contribution in [0.4, 0.5) is 5.95 Å². The molecule has 25 heavy (non-hydrogen) atoms. The van der Waals surface area contributed by atoms with Crippen molar-refractivity contribution in [3.05, 3.63) is 47.8 Å². The highest BCUT2D eigenvalue weighted by molar-refractivity contribution is 5.92. The summed E-state index contributed by atoms with van der Waals surface area (Å²) >= 11 is 0. The van der Waals surface area contributed by atoms with E-state index in [0.717, 1.165) is 17.7 Å². The molecule has 7 nitrogen and oxygen atoms in total. The number of nitrogens with one attached hydrogen (secondary N) is 2. The van der Waals surface area contributed by atoms with Crippen molar-refractivity contribution in [2.45, 2.75) is 12.8 Å². The molecule has 0 bridgehead atoms. The molecule has 0 radical (unpaired) electrons. The first-order valence-corrected chi connectivity index (χ1v) is 8.20. The number of rotatable bonds is 10. The first kappa shape index (κ1) is 18.7. The number of methoxy groups -OCH3 is 2. The number of hydrogen-bond donors (Lipinski definition) is 2. The summed E-state index contributed by atoms with van der Waals surface area (Å²) in [5.41, 5.74) is 1.39. The standard InChI is InChI=1S/C18H24N4O3/c1-24-13-5-10-20-18-21-12-9-15(22-18)17(23)19-11-8-14-6-3-4-7-16(14)25-2/h3-4,6-7,9,12H,5,8,10-11,13H2,1-2H3,(H,19,23)(H,20,21,22). The Labute approximate surface area is 147 Å². The maximum atomic E-state index is 12.2. The van der Waals surface area contributed by atoms with Gasteiger partial charge in [-0.2, -0.15) is 0 Å². The Morgan fingerprint density at radius 2 is 2.00 bits per heavy atom. The Balaban J connectivity index is 1.84. The predicted octanol–water partition coefficient (Wildman–Crippen LogP) is 1.91. The lowest BCUT2D eigenvalue weighted by Gasteiger charge is -2.09. The monoisotopic (exact) mass is 344 g/mol. The van der Waals surface area contributed by atoms with Crippen molar-refractivity contribution in [2.24, 2.45) is 0 Å². The second kappa shape index (κ2) is 10.2. The zero-order valence-electron chi connectivity index (χ0n) is 14.6. The third-order valence-corrected chi connectivity index (χ3v) is 3.57. The Hall–Kier alpha value is -2.67. The molecule has 0 fully saturated rings. The van der Waals surface area contributed by atoms with Gasteiger partial charge in [-0.25, -0.2) is 9.97 Å². The summed E-state index contributed by atoms with van der Waals surface area (Å²) in [5.74, 6) is 1.03. The molecule has 1 heterocycles. The SMILES string of the molecule is COCCCNc1nccc(C(=O)NCCc2ccccc2OC)n1. The van der Waals surface area contributed by atoms with E-state index in [9.17, 15) is 4.79 Å². The van der Waals surface area contributed by atoms with E-state index >= 15 is 0 Å². The molecular formula is C18H24N4O3. The van der Waals surface area contributed by atoms with Crippen LogP contribution in [0.3, 0.4) is 0 Å².